The van der Waals surface area contributed by atoms with Crippen molar-refractivity contribution in [1.82, 2.24) is 15.3 Å². The van der Waals surface area contributed by atoms with Crippen molar-refractivity contribution in [3.05, 3.63) is 30.7 Å². The van der Waals surface area contributed by atoms with Gasteiger partial charge in [0.05, 0.1) is 31.6 Å². The van der Waals surface area contributed by atoms with Gasteiger partial charge in [-0.05, 0) is 18.2 Å². The summed E-state index contributed by atoms with van der Waals surface area (Å²) in [5.41, 5.74) is 0.705. The number of ether oxygens (including phenoxy) is 2. The summed E-state index contributed by atoms with van der Waals surface area (Å²) in [7, 11) is 0. The maximum Gasteiger partial charge on any atom is 0.223 e. The Morgan fingerprint density at radius 1 is 1.21 bits per heavy atom. The average Bonchev–Trinajstić information content (AvgIpc) is 3.28. The second kappa shape index (κ2) is 6.21. The van der Waals surface area contributed by atoms with Crippen molar-refractivity contribution >= 4 is 11.9 Å². The summed E-state index contributed by atoms with van der Waals surface area (Å²) in [6.07, 6.45) is 2.99. The predicted molar refractivity (Wildman–Crippen MR) is 84.2 cm³/mol. The molecule has 2 aromatic rings. The highest BCUT2D eigenvalue weighted by atomic mass is 16.6. The first-order chi connectivity index (χ1) is 11.7. The first-order valence-corrected chi connectivity index (χ1v) is 7.84. The minimum atomic E-state index is -0.153. The number of hydrogen-bond donors (Lipinski definition) is 2. The molecule has 4 atom stereocenters. The zero-order chi connectivity index (χ0) is 16.5. The number of aromatic nitrogens is 2. The van der Waals surface area contributed by atoms with Crippen molar-refractivity contribution in [3.8, 4) is 11.5 Å². The van der Waals surface area contributed by atoms with E-state index >= 15 is 0 Å². The Morgan fingerprint density at radius 2 is 2.00 bits per heavy atom. The third-order valence-electron chi connectivity index (χ3n) is 4.19. The van der Waals surface area contributed by atoms with Gasteiger partial charge >= 0.3 is 0 Å². The van der Waals surface area contributed by atoms with E-state index in [0.29, 0.717) is 30.6 Å². The molecule has 0 radical (unpaired) electrons. The van der Waals surface area contributed by atoms with Gasteiger partial charge in [0.2, 0.25) is 11.9 Å². The molecule has 0 saturated carbocycles. The molecule has 8 heteroatoms. The fourth-order valence-electron chi connectivity index (χ4n) is 3.16. The number of hydrogen-bond acceptors (Lipinski definition) is 7. The molecular formula is C16H18N4O4. The van der Waals surface area contributed by atoms with Crippen LogP contribution in [0.2, 0.25) is 0 Å². The SMILES string of the molecule is CC(=O)N[C@@H]1CO[C@@H]2[C@@H]1OC[C@@H]2Nc1nccc(-c2ccco2)n1. The molecule has 0 aliphatic carbocycles. The number of nitrogens with one attached hydrogen (secondary N) is 2. The van der Waals surface area contributed by atoms with Gasteiger partial charge in [-0.15, -0.1) is 0 Å². The van der Waals surface area contributed by atoms with Crippen LogP contribution >= 0.6 is 0 Å². The first kappa shape index (κ1) is 15.1. The van der Waals surface area contributed by atoms with Gasteiger partial charge in [-0.2, -0.15) is 0 Å². The molecule has 0 bridgehead atoms. The maximum absolute atomic E-state index is 11.2. The zero-order valence-corrected chi connectivity index (χ0v) is 13.1. The summed E-state index contributed by atoms with van der Waals surface area (Å²) in [4.78, 5) is 20.0. The molecule has 0 spiro atoms. The number of carbonyl (C=O) groups is 1. The van der Waals surface area contributed by atoms with E-state index in [1.54, 1.807) is 18.5 Å². The van der Waals surface area contributed by atoms with Crippen molar-refractivity contribution in [2.75, 3.05) is 18.5 Å². The van der Waals surface area contributed by atoms with Crippen LogP contribution in [-0.2, 0) is 14.3 Å². The second-order valence-corrected chi connectivity index (χ2v) is 5.90. The fourth-order valence-corrected chi connectivity index (χ4v) is 3.16. The van der Waals surface area contributed by atoms with Crippen LogP contribution in [0.4, 0.5) is 5.95 Å². The Morgan fingerprint density at radius 3 is 2.75 bits per heavy atom. The van der Waals surface area contributed by atoms with E-state index < -0.39 is 0 Å². The molecule has 1 amide bonds. The molecule has 2 fully saturated rings. The second-order valence-electron chi connectivity index (χ2n) is 5.90. The van der Waals surface area contributed by atoms with Gasteiger partial charge in [-0.1, -0.05) is 0 Å². The van der Waals surface area contributed by atoms with Gasteiger partial charge in [0.1, 0.15) is 17.9 Å². The monoisotopic (exact) mass is 330 g/mol. The van der Waals surface area contributed by atoms with Gasteiger partial charge in [-0.25, -0.2) is 9.97 Å². The van der Waals surface area contributed by atoms with Crippen LogP contribution < -0.4 is 10.6 Å². The number of fused-ring (bicyclic) bond motifs is 1. The molecular weight excluding hydrogens is 312 g/mol. The van der Waals surface area contributed by atoms with Gasteiger partial charge in [0.15, 0.2) is 5.76 Å². The van der Waals surface area contributed by atoms with E-state index in [4.69, 9.17) is 13.9 Å². The zero-order valence-electron chi connectivity index (χ0n) is 13.1. The normalized spacial score (nSPS) is 28.5. The lowest BCUT2D eigenvalue weighted by Crippen LogP contribution is -2.44. The van der Waals surface area contributed by atoms with Crippen LogP contribution in [0.3, 0.4) is 0 Å². The van der Waals surface area contributed by atoms with E-state index in [0.717, 1.165) is 0 Å². The topological polar surface area (TPSA) is 98.5 Å². The maximum atomic E-state index is 11.2. The molecule has 8 nitrogen and oxygen atoms in total. The lowest BCUT2D eigenvalue weighted by molar-refractivity contribution is -0.120. The fraction of sp³-hybridized carbons (Fsp3) is 0.438. The van der Waals surface area contributed by atoms with Crippen molar-refractivity contribution < 1.29 is 18.7 Å². The van der Waals surface area contributed by atoms with E-state index in [-0.39, 0.29) is 30.2 Å². The van der Waals surface area contributed by atoms with Crippen molar-refractivity contribution in [3.63, 3.8) is 0 Å². The quantitative estimate of drug-likeness (QED) is 0.856. The summed E-state index contributed by atoms with van der Waals surface area (Å²) >= 11 is 0. The largest absolute Gasteiger partial charge is 0.463 e. The molecule has 2 N–H and O–H groups in total. The molecule has 0 aromatic carbocycles. The van der Waals surface area contributed by atoms with Crippen molar-refractivity contribution in [2.45, 2.75) is 31.2 Å². The van der Waals surface area contributed by atoms with Gasteiger partial charge in [-0.3, -0.25) is 4.79 Å². The van der Waals surface area contributed by atoms with E-state index in [1.807, 2.05) is 12.1 Å². The Hall–Kier alpha value is -2.45. The molecule has 2 aliphatic heterocycles. The minimum absolute atomic E-state index is 0.0689. The van der Waals surface area contributed by atoms with Crippen LogP contribution in [0.5, 0.6) is 0 Å². The van der Waals surface area contributed by atoms with Gasteiger partial charge in [0.25, 0.3) is 0 Å². The van der Waals surface area contributed by atoms with Crippen LogP contribution in [0.1, 0.15) is 6.92 Å². The summed E-state index contributed by atoms with van der Waals surface area (Å²) in [5, 5.41) is 6.13. The first-order valence-electron chi connectivity index (χ1n) is 7.84. The third-order valence-corrected chi connectivity index (χ3v) is 4.19. The average molecular weight is 330 g/mol. The molecule has 2 saturated heterocycles. The van der Waals surface area contributed by atoms with Crippen molar-refractivity contribution in [2.24, 2.45) is 0 Å². The number of nitrogens with zero attached hydrogens (tertiary/aromatic N) is 2. The Kier molecular flexibility index (Phi) is 3.91. The standard InChI is InChI=1S/C16H18N4O4/c1-9(21)18-11-7-23-15-12(8-24-14(11)15)20-16-17-5-4-10(19-16)13-3-2-6-22-13/h2-6,11-12,14-15H,7-8H2,1H3,(H,18,21)(H,17,19,20)/t11-,12+,14-,15+/m1/s1. The molecule has 4 rings (SSSR count). The summed E-state index contributed by atoms with van der Waals surface area (Å²) in [5.74, 6) is 1.09. The van der Waals surface area contributed by atoms with Crippen LogP contribution in [0, 0.1) is 0 Å². The lowest BCUT2D eigenvalue weighted by Gasteiger charge is -2.18. The predicted octanol–water partition coefficient (Wildman–Crippen LogP) is 0.819. The Bertz CT molecular complexity index is 721. The highest BCUT2D eigenvalue weighted by molar-refractivity contribution is 5.73. The molecule has 24 heavy (non-hydrogen) atoms. The number of anilines is 1. The number of furan rings is 1. The number of amides is 1. The Balaban J connectivity index is 1.45. The number of rotatable bonds is 4. The smallest absolute Gasteiger partial charge is 0.223 e. The van der Waals surface area contributed by atoms with E-state index in [9.17, 15) is 4.79 Å². The van der Waals surface area contributed by atoms with E-state index in [2.05, 4.69) is 20.6 Å². The van der Waals surface area contributed by atoms with E-state index in [1.165, 1.54) is 6.92 Å². The number of carbonyl (C=O) groups excluding carboxylic acids is 1. The van der Waals surface area contributed by atoms with Gasteiger partial charge < -0.3 is 24.5 Å². The summed E-state index contributed by atoms with van der Waals surface area (Å²) in [6, 6.07) is 5.26. The van der Waals surface area contributed by atoms with Crippen LogP contribution in [-0.4, -0.2) is 53.4 Å². The van der Waals surface area contributed by atoms with Crippen LogP contribution in [0.15, 0.2) is 35.1 Å². The molecule has 0 unspecified atom stereocenters. The highest BCUT2D eigenvalue weighted by Gasteiger charge is 2.48. The lowest BCUT2D eigenvalue weighted by atomic mass is 10.1. The Labute approximate surface area is 138 Å². The molecule has 2 aromatic heterocycles. The molecule has 4 heterocycles. The molecule has 126 valence electrons. The van der Waals surface area contributed by atoms with Gasteiger partial charge in [0, 0.05) is 13.1 Å². The third kappa shape index (κ3) is 2.85. The van der Waals surface area contributed by atoms with Crippen LogP contribution in [0.25, 0.3) is 11.5 Å². The van der Waals surface area contributed by atoms with Crippen molar-refractivity contribution in [1.29, 1.82) is 0 Å². The minimum Gasteiger partial charge on any atom is -0.463 e. The summed E-state index contributed by atoms with van der Waals surface area (Å²) in [6.45, 7) is 2.41. The summed E-state index contributed by atoms with van der Waals surface area (Å²) < 4.78 is 17.0. The molecule has 2 aliphatic rings. The highest BCUT2D eigenvalue weighted by Crippen LogP contribution is 2.29.